The topological polar surface area (TPSA) is 60.4 Å². The molecular formula is C12H16N3OS+. The monoisotopic (exact) mass is 250 g/mol. The van der Waals surface area contributed by atoms with Gasteiger partial charge in [-0.25, -0.2) is 4.98 Å². The first-order valence-corrected chi connectivity index (χ1v) is 6.35. The second kappa shape index (κ2) is 4.81. The molecule has 1 aromatic heterocycles. The summed E-state index contributed by atoms with van der Waals surface area (Å²) in [6.07, 6.45) is 0. The van der Waals surface area contributed by atoms with E-state index in [1.54, 1.807) is 11.3 Å². The number of carbonyl (C=O) groups is 1. The van der Waals surface area contributed by atoms with Crippen molar-refractivity contribution in [1.82, 2.24) is 4.98 Å². The molecule has 0 saturated carbocycles. The number of nitrogens with zero attached hydrogens (tertiary/aromatic N) is 1. The Morgan fingerprint density at radius 1 is 1.53 bits per heavy atom. The van der Waals surface area contributed by atoms with Crippen molar-refractivity contribution in [2.45, 2.75) is 13.0 Å². The van der Waals surface area contributed by atoms with Crippen LogP contribution in [0.25, 0.3) is 10.2 Å². The highest BCUT2D eigenvalue weighted by molar-refractivity contribution is 7.18. The maximum atomic E-state index is 10.9. The van der Waals surface area contributed by atoms with Gasteiger partial charge < -0.3 is 10.6 Å². The Hall–Kier alpha value is -1.46. The Kier molecular flexibility index (Phi) is 3.40. The van der Waals surface area contributed by atoms with E-state index in [1.165, 1.54) is 4.70 Å². The van der Waals surface area contributed by atoms with Crippen LogP contribution in [-0.2, 0) is 4.79 Å². The third kappa shape index (κ3) is 2.62. The SMILES string of the molecule is C[C@@H](c1nc2ccccc2s1)[NH+](C)CC(N)=O. The number of amides is 1. The second-order valence-electron chi connectivity index (χ2n) is 4.23. The van der Waals surface area contributed by atoms with E-state index in [0.717, 1.165) is 15.4 Å². The molecule has 0 saturated heterocycles. The summed E-state index contributed by atoms with van der Waals surface area (Å²) < 4.78 is 1.18. The summed E-state index contributed by atoms with van der Waals surface area (Å²) in [7, 11) is 1.96. The van der Waals surface area contributed by atoms with E-state index in [0.29, 0.717) is 6.54 Å². The van der Waals surface area contributed by atoms with Gasteiger partial charge >= 0.3 is 0 Å². The number of rotatable bonds is 4. The zero-order chi connectivity index (χ0) is 12.4. The maximum absolute atomic E-state index is 10.9. The standard InChI is InChI=1S/C12H15N3OS/c1-8(15(2)7-11(13)16)12-14-9-5-3-4-6-10(9)17-12/h3-6,8H,7H2,1-2H3,(H2,13,16)/p+1/t8-/m0/s1. The Balaban J connectivity index is 2.24. The number of primary amides is 1. The van der Waals surface area contributed by atoms with Gasteiger partial charge in [0.05, 0.1) is 17.3 Å². The predicted molar refractivity (Wildman–Crippen MR) is 69.0 cm³/mol. The number of hydrogen-bond donors (Lipinski definition) is 2. The number of aromatic nitrogens is 1. The second-order valence-corrected chi connectivity index (χ2v) is 5.29. The molecule has 0 aliphatic rings. The van der Waals surface area contributed by atoms with Crippen molar-refractivity contribution in [2.75, 3.05) is 13.6 Å². The average Bonchev–Trinajstić information content (AvgIpc) is 2.70. The van der Waals surface area contributed by atoms with Gasteiger partial charge in [-0.2, -0.15) is 0 Å². The van der Waals surface area contributed by atoms with Crippen LogP contribution >= 0.6 is 11.3 Å². The van der Waals surface area contributed by atoms with E-state index in [2.05, 4.69) is 18.0 Å². The number of hydrogen-bond acceptors (Lipinski definition) is 3. The van der Waals surface area contributed by atoms with Crippen LogP contribution in [0.5, 0.6) is 0 Å². The van der Waals surface area contributed by atoms with Crippen LogP contribution in [0.2, 0.25) is 0 Å². The summed E-state index contributed by atoms with van der Waals surface area (Å²) in [5, 5.41) is 1.05. The van der Waals surface area contributed by atoms with Gasteiger partial charge in [0.25, 0.3) is 5.91 Å². The van der Waals surface area contributed by atoms with E-state index in [1.807, 2.05) is 25.2 Å². The van der Waals surface area contributed by atoms with Crippen molar-refractivity contribution in [3.05, 3.63) is 29.3 Å². The molecule has 17 heavy (non-hydrogen) atoms. The minimum Gasteiger partial charge on any atom is -0.365 e. The predicted octanol–water partition coefficient (Wildman–Crippen LogP) is 0.357. The summed E-state index contributed by atoms with van der Waals surface area (Å²) in [5.74, 6) is -0.282. The molecule has 0 aliphatic heterocycles. The van der Waals surface area contributed by atoms with Crippen LogP contribution < -0.4 is 10.6 Å². The third-order valence-electron chi connectivity index (χ3n) is 2.87. The molecule has 1 unspecified atom stereocenters. The highest BCUT2D eigenvalue weighted by atomic mass is 32.1. The number of thiazole rings is 1. The van der Waals surface area contributed by atoms with Gasteiger partial charge in [-0.05, 0) is 19.1 Å². The molecule has 1 amide bonds. The molecule has 0 aliphatic carbocycles. The molecular weight excluding hydrogens is 234 g/mol. The number of nitrogens with two attached hydrogens (primary N) is 1. The van der Waals surface area contributed by atoms with Crippen LogP contribution in [0.1, 0.15) is 18.0 Å². The lowest BCUT2D eigenvalue weighted by Gasteiger charge is -2.17. The summed E-state index contributed by atoms with van der Waals surface area (Å²) in [6, 6.07) is 8.24. The van der Waals surface area contributed by atoms with Gasteiger partial charge in [0.1, 0.15) is 6.04 Å². The fourth-order valence-corrected chi connectivity index (χ4v) is 2.83. The molecule has 2 rings (SSSR count). The molecule has 0 radical (unpaired) electrons. The first-order chi connectivity index (χ1) is 8.08. The van der Waals surface area contributed by atoms with Crippen LogP contribution in [0.15, 0.2) is 24.3 Å². The van der Waals surface area contributed by atoms with Crippen LogP contribution in [0.4, 0.5) is 0 Å². The van der Waals surface area contributed by atoms with Gasteiger partial charge in [0.15, 0.2) is 11.6 Å². The number of nitrogens with one attached hydrogen (secondary N) is 1. The highest BCUT2D eigenvalue weighted by Crippen LogP contribution is 2.24. The molecule has 0 fully saturated rings. The van der Waals surface area contributed by atoms with Gasteiger partial charge in [0, 0.05) is 0 Å². The average molecular weight is 250 g/mol. The van der Waals surface area contributed by atoms with Gasteiger partial charge in [-0.3, -0.25) is 4.79 Å². The number of benzene rings is 1. The zero-order valence-electron chi connectivity index (χ0n) is 9.93. The number of likely N-dealkylation sites (N-methyl/N-ethyl adjacent to an activating group) is 1. The van der Waals surface area contributed by atoms with E-state index in [9.17, 15) is 4.79 Å². The Labute approximate surface area is 104 Å². The van der Waals surface area contributed by atoms with E-state index in [4.69, 9.17) is 5.73 Å². The highest BCUT2D eigenvalue weighted by Gasteiger charge is 2.20. The normalized spacial score (nSPS) is 14.7. The lowest BCUT2D eigenvalue weighted by molar-refractivity contribution is -0.902. The zero-order valence-corrected chi connectivity index (χ0v) is 10.8. The smallest absolute Gasteiger partial charge is 0.272 e. The summed E-state index contributed by atoms with van der Waals surface area (Å²) in [5.41, 5.74) is 6.23. The first-order valence-electron chi connectivity index (χ1n) is 5.54. The quantitative estimate of drug-likeness (QED) is 0.823. The molecule has 90 valence electrons. The molecule has 5 heteroatoms. The Morgan fingerprint density at radius 3 is 2.88 bits per heavy atom. The minimum absolute atomic E-state index is 0.180. The van der Waals surface area contributed by atoms with E-state index < -0.39 is 0 Å². The van der Waals surface area contributed by atoms with Crippen LogP contribution in [0, 0.1) is 0 Å². The van der Waals surface area contributed by atoms with Gasteiger partial charge in [-0.1, -0.05) is 12.1 Å². The summed E-state index contributed by atoms with van der Waals surface area (Å²) >= 11 is 1.68. The van der Waals surface area contributed by atoms with E-state index >= 15 is 0 Å². The fourth-order valence-electron chi connectivity index (χ4n) is 1.71. The van der Waals surface area contributed by atoms with Gasteiger partial charge in [0.2, 0.25) is 0 Å². The van der Waals surface area contributed by atoms with Crippen molar-refractivity contribution in [1.29, 1.82) is 0 Å². The van der Waals surface area contributed by atoms with Crippen molar-refractivity contribution in [2.24, 2.45) is 5.73 Å². The van der Waals surface area contributed by atoms with Crippen molar-refractivity contribution < 1.29 is 9.69 Å². The lowest BCUT2D eigenvalue weighted by atomic mass is 10.3. The number of quaternary nitrogens is 1. The van der Waals surface area contributed by atoms with Crippen molar-refractivity contribution in [3.8, 4) is 0 Å². The van der Waals surface area contributed by atoms with Crippen molar-refractivity contribution in [3.63, 3.8) is 0 Å². The Bertz CT molecular complexity index is 504. The molecule has 3 N–H and O–H groups in total. The molecule has 0 bridgehead atoms. The van der Waals surface area contributed by atoms with Crippen LogP contribution in [-0.4, -0.2) is 24.5 Å². The number of para-hydroxylation sites is 1. The lowest BCUT2D eigenvalue weighted by Crippen LogP contribution is -3.10. The molecule has 2 aromatic rings. The van der Waals surface area contributed by atoms with Crippen LogP contribution in [0.3, 0.4) is 0 Å². The molecule has 1 heterocycles. The largest absolute Gasteiger partial charge is 0.365 e. The summed E-state index contributed by atoms with van der Waals surface area (Å²) in [6.45, 7) is 2.40. The molecule has 0 spiro atoms. The van der Waals surface area contributed by atoms with Crippen molar-refractivity contribution >= 4 is 27.5 Å². The Morgan fingerprint density at radius 2 is 2.24 bits per heavy atom. The number of fused-ring (bicyclic) bond motifs is 1. The first kappa shape index (κ1) is 12.0. The third-order valence-corrected chi connectivity index (χ3v) is 4.09. The molecule has 1 aromatic carbocycles. The van der Waals surface area contributed by atoms with E-state index in [-0.39, 0.29) is 11.9 Å². The number of carbonyl (C=O) groups excluding carboxylic acids is 1. The maximum Gasteiger partial charge on any atom is 0.272 e. The summed E-state index contributed by atoms with van der Waals surface area (Å²) in [4.78, 5) is 16.6. The van der Waals surface area contributed by atoms with Gasteiger partial charge in [-0.15, -0.1) is 11.3 Å². The molecule has 4 nitrogen and oxygen atoms in total. The molecule has 2 atom stereocenters. The fraction of sp³-hybridized carbons (Fsp3) is 0.333. The minimum atomic E-state index is -0.282.